The van der Waals surface area contributed by atoms with Gasteiger partial charge in [-0.1, -0.05) is 0 Å². The Labute approximate surface area is 111 Å². The van der Waals surface area contributed by atoms with Gasteiger partial charge in [-0.2, -0.15) is 4.39 Å². The Kier molecular flexibility index (Phi) is 4.11. The summed E-state index contributed by atoms with van der Waals surface area (Å²) in [5.74, 6) is -1.17. The fourth-order valence-corrected chi connectivity index (χ4v) is 2.44. The van der Waals surface area contributed by atoms with E-state index in [0.29, 0.717) is 13.0 Å². The number of rotatable bonds is 3. The molecule has 1 N–H and O–H groups in total. The summed E-state index contributed by atoms with van der Waals surface area (Å²) in [5.41, 5.74) is -0.0413. The highest BCUT2D eigenvalue weighted by atomic mass is 19.1. The molecule has 5 nitrogen and oxygen atoms in total. The number of aromatic nitrogens is 1. The second-order valence-electron chi connectivity index (χ2n) is 5.10. The number of likely N-dealkylation sites (tertiary alicyclic amines) is 1. The maximum atomic E-state index is 13.5. The number of pyridine rings is 1. The van der Waals surface area contributed by atoms with Crippen LogP contribution in [0.2, 0.25) is 0 Å². The molecule has 1 aliphatic rings. The van der Waals surface area contributed by atoms with Crippen LogP contribution in [0.5, 0.6) is 0 Å². The van der Waals surface area contributed by atoms with E-state index >= 15 is 0 Å². The van der Waals surface area contributed by atoms with E-state index in [1.807, 2.05) is 19.0 Å². The first kappa shape index (κ1) is 13.9. The zero-order valence-electron chi connectivity index (χ0n) is 11.1. The zero-order chi connectivity index (χ0) is 14.0. The third-order valence-electron chi connectivity index (χ3n) is 3.22. The highest BCUT2D eigenvalue weighted by Crippen LogP contribution is 2.21. The smallest absolute Gasteiger partial charge is 0.258 e. The summed E-state index contributed by atoms with van der Waals surface area (Å²) in [6, 6.07) is 2.85. The summed E-state index contributed by atoms with van der Waals surface area (Å²) in [7, 11) is 3.80. The van der Waals surface area contributed by atoms with Gasteiger partial charge < -0.3 is 14.9 Å². The molecule has 0 bridgehead atoms. The van der Waals surface area contributed by atoms with Crippen molar-refractivity contribution in [3.63, 3.8) is 0 Å². The number of nitrogens with zero attached hydrogens (tertiary/aromatic N) is 3. The fraction of sp³-hybridized carbons (Fsp3) is 0.538. The number of carbonyl (C=O) groups is 1. The van der Waals surface area contributed by atoms with Crippen LogP contribution in [0.3, 0.4) is 0 Å². The zero-order valence-corrected chi connectivity index (χ0v) is 11.1. The summed E-state index contributed by atoms with van der Waals surface area (Å²) in [4.78, 5) is 19.3. The molecule has 1 fully saturated rings. The van der Waals surface area contributed by atoms with Crippen molar-refractivity contribution in [1.82, 2.24) is 14.8 Å². The minimum Gasteiger partial charge on any atom is -0.391 e. The number of hydrogen-bond donors (Lipinski definition) is 1. The van der Waals surface area contributed by atoms with Gasteiger partial charge >= 0.3 is 0 Å². The van der Waals surface area contributed by atoms with Gasteiger partial charge in [0.1, 0.15) is 0 Å². The molecular formula is C13H18FN3O2. The number of carbonyl (C=O) groups excluding carboxylic acids is 1. The van der Waals surface area contributed by atoms with Crippen LogP contribution in [0.1, 0.15) is 16.8 Å². The highest BCUT2D eigenvalue weighted by molar-refractivity contribution is 5.94. The van der Waals surface area contributed by atoms with Crippen molar-refractivity contribution in [3.8, 4) is 0 Å². The molecule has 2 unspecified atom stereocenters. The van der Waals surface area contributed by atoms with Crippen molar-refractivity contribution >= 4 is 5.91 Å². The van der Waals surface area contributed by atoms with Gasteiger partial charge in [0.2, 0.25) is 5.95 Å². The topological polar surface area (TPSA) is 56.7 Å². The minimum atomic E-state index is -0.766. The first-order valence-electron chi connectivity index (χ1n) is 6.23. The summed E-state index contributed by atoms with van der Waals surface area (Å²) in [5, 5.41) is 9.73. The third-order valence-corrected chi connectivity index (χ3v) is 3.22. The van der Waals surface area contributed by atoms with Gasteiger partial charge in [0.05, 0.1) is 11.7 Å². The van der Waals surface area contributed by atoms with Crippen LogP contribution in [-0.2, 0) is 0 Å². The molecule has 6 heteroatoms. The standard InChI is InChI=1S/C13H18FN3O2/c1-16(2)7-9-6-10(18)8-17(9)13(19)11-4-3-5-15-12(11)14/h3-5,9-10,18H,6-8H2,1-2H3. The van der Waals surface area contributed by atoms with Crippen LogP contribution in [-0.4, -0.2) is 65.1 Å². The molecule has 19 heavy (non-hydrogen) atoms. The minimum absolute atomic E-state index is 0.0413. The van der Waals surface area contributed by atoms with Gasteiger partial charge in [0.25, 0.3) is 5.91 Å². The summed E-state index contributed by atoms with van der Waals surface area (Å²) in [6.45, 7) is 0.885. The lowest BCUT2D eigenvalue weighted by molar-refractivity contribution is 0.0693. The van der Waals surface area contributed by atoms with Gasteiger partial charge in [0.15, 0.2) is 0 Å². The second-order valence-corrected chi connectivity index (χ2v) is 5.10. The Bertz CT molecular complexity index is 467. The molecule has 0 aliphatic carbocycles. The molecular weight excluding hydrogens is 249 g/mol. The average molecular weight is 267 g/mol. The normalized spacial score (nSPS) is 23.1. The number of aliphatic hydroxyl groups is 1. The molecule has 2 rings (SSSR count). The molecule has 0 spiro atoms. The van der Waals surface area contributed by atoms with E-state index in [9.17, 15) is 14.3 Å². The van der Waals surface area contributed by atoms with E-state index in [1.54, 1.807) is 0 Å². The van der Waals surface area contributed by atoms with Crippen molar-refractivity contribution in [2.24, 2.45) is 0 Å². The number of likely N-dealkylation sites (N-methyl/N-ethyl adjacent to an activating group) is 1. The Morgan fingerprint density at radius 3 is 3.00 bits per heavy atom. The largest absolute Gasteiger partial charge is 0.391 e. The predicted octanol–water partition coefficient (Wildman–Crippen LogP) is 0.358. The van der Waals surface area contributed by atoms with Crippen molar-refractivity contribution in [3.05, 3.63) is 29.8 Å². The Hall–Kier alpha value is -1.53. The van der Waals surface area contributed by atoms with E-state index in [1.165, 1.54) is 23.2 Å². The Morgan fingerprint density at radius 2 is 2.37 bits per heavy atom. The molecule has 0 saturated carbocycles. The summed E-state index contributed by atoms with van der Waals surface area (Å²) >= 11 is 0. The quantitative estimate of drug-likeness (QED) is 0.803. The second kappa shape index (κ2) is 5.63. The molecule has 1 aromatic rings. The van der Waals surface area contributed by atoms with Crippen LogP contribution < -0.4 is 0 Å². The summed E-state index contributed by atoms with van der Waals surface area (Å²) in [6.07, 6.45) is 1.28. The van der Waals surface area contributed by atoms with Gasteiger partial charge in [-0.15, -0.1) is 0 Å². The Balaban J connectivity index is 2.19. The number of hydrogen-bond acceptors (Lipinski definition) is 4. The molecule has 1 amide bonds. The van der Waals surface area contributed by atoms with Crippen LogP contribution in [0.15, 0.2) is 18.3 Å². The van der Waals surface area contributed by atoms with E-state index < -0.39 is 18.0 Å². The van der Waals surface area contributed by atoms with E-state index in [0.717, 1.165) is 0 Å². The van der Waals surface area contributed by atoms with Crippen LogP contribution in [0.25, 0.3) is 0 Å². The highest BCUT2D eigenvalue weighted by Gasteiger charge is 2.35. The fourth-order valence-electron chi connectivity index (χ4n) is 2.44. The van der Waals surface area contributed by atoms with Crippen LogP contribution in [0.4, 0.5) is 4.39 Å². The molecule has 1 aromatic heterocycles. The van der Waals surface area contributed by atoms with Crippen molar-refractivity contribution in [2.75, 3.05) is 27.2 Å². The van der Waals surface area contributed by atoms with Crippen molar-refractivity contribution in [1.29, 1.82) is 0 Å². The molecule has 0 radical (unpaired) electrons. The molecule has 1 saturated heterocycles. The molecule has 1 aliphatic heterocycles. The van der Waals surface area contributed by atoms with Gasteiger partial charge in [-0.3, -0.25) is 4.79 Å². The maximum absolute atomic E-state index is 13.5. The van der Waals surface area contributed by atoms with E-state index in [-0.39, 0.29) is 18.2 Å². The van der Waals surface area contributed by atoms with E-state index in [4.69, 9.17) is 0 Å². The average Bonchev–Trinajstić information content (AvgIpc) is 2.69. The van der Waals surface area contributed by atoms with Crippen molar-refractivity contribution < 1.29 is 14.3 Å². The van der Waals surface area contributed by atoms with Gasteiger partial charge in [-0.05, 0) is 32.6 Å². The third kappa shape index (κ3) is 3.08. The number of halogens is 1. The lowest BCUT2D eigenvalue weighted by atomic mass is 10.1. The first-order chi connectivity index (χ1) is 8.99. The molecule has 104 valence electrons. The lowest BCUT2D eigenvalue weighted by Gasteiger charge is -2.26. The molecule has 2 heterocycles. The maximum Gasteiger partial charge on any atom is 0.258 e. The van der Waals surface area contributed by atoms with Crippen molar-refractivity contribution in [2.45, 2.75) is 18.6 Å². The SMILES string of the molecule is CN(C)CC1CC(O)CN1C(=O)c1cccnc1F. The summed E-state index contributed by atoms with van der Waals surface area (Å²) < 4.78 is 13.5. The Morgan fingerprint density at radius 1 is 1.63 bits per heavy atom. The van der Waals surface area contributed by atoms with Crippen LogP contribution >= 0.6 is 0 Å². The number of aliphatic hydroxyl groups excluding tert-OH is 1. The number of β-amino-alcohol motifs (C(OH)–C–C–N with tert-alkyl or cyclic N) is 1. The first-order valence-corrected chi connectivity index (χ1v) is 6.23. The van der Waals surface area contributed by atoms with Gasteiger partial charge in [-0.25, -0.2) is 4.98 Å². The van der Waals surface area contributed by atoms with Gasteiger partial charge in [0, 0.05) is 25.3 Å². The number of amides is 1. The predicted molar refractivity (Wildman–Crippen MR) is 68.2 cm³/mol. The van der Waals surface area contributed by atoms with Crippen LogP contribution in [0, 0.1) is 5.95 Å². The lowest BCUT2D eigenvalue weighted by Crippen LogP contribution is -2.41. The molecule has 0 aromatic carbocycles. The molecule has 2 atom stereocenters. The van der Waals surface area contributed by atoms with E-state index in [2.05, 4.69) is 4.98 Å². The monoisotopic (exact) mass is 267 g/mol.